The molecular formula is C110H115Cl3N6O8Ru3S5. The van der Waals surface area contributed by atoms with Gasteiger partial charge in [0.2, 0.25) is 0 Å². The van der Waals surface area contributed by atoms with E-state index in [2.05, 4.69) is 160 Å². The summed E-state index contributed by atoms with van der Waals surface area (Å²) in [6.45, 7) is 19.1. The molecule has 2 aromatic heterocycles. The summed E-state index contributed by atoms with van der Waals surface area (Å²) in [4.78, 5) is 0. The van der Waals surface area contributed by atoms with E-state index < -0.39 is 66.3 Å². The maximum absolute atomic E-state index is 13.5. The van der Waals surface area contributed by atoms with Gasteiger partial charge in [-0.1, -0.05) is 381 Å². The molecule has 6 unspecified atom stereocenters. The van der Waals surface area contributed by atoms with Gasteiger partial charge in [0.1, 0.15) is 23.0 Å². The molecule has 16 rings (SSSR count). The number of sulfonamides is 3. The van der Waals surface area contributed by atoms with Crippen LogP contribution in [0.5, 0.6) is 23.0 Å². The second kappa shape index (κ2) is 60.6. The summed E-state index contributed by atoms with van der Waals surface area (Å²) in [5.41, 5.74) is 44.8. The van der Waals surface area contributed by atoms with Crippen LogP contribution in [0.25, 0.3) is 51.5 Å². The third-order valence-electron chi connectivity index (χ3n) is 20.1. The van der Waals surface area contributed by atoms with Gasteiger partial charge < -0.3 is 63.1 Å². The maximum Gasteiger partial charge on any atom is 0.134 e. The molecule has 25 heteroatoms. The van der Waals surface area contributed by atoms with Crippen molar-refractivity contribution in [2.45, 2.75) is 116 Å². The first-order valence-electron chi connectivity index (χ1n) is 41.9. The predicted molar refractivity (Wildman–Crippen MR) is 563 cm³/mol. The SMILES string of the molecule is Cc1cc(C)cc(C)c1.Cc1cc(C)cc(C)c1.Cc1cc(C)cc(C)c1.[CH3-].[CH3-].[CH3-].[Cl][Ru+3].[Cl][Ru+3].[Cl][Ru+3].[NH-]C(c1ccccc1)C([N-]S(=O)(=O)CCc1c(Oc2ccccc2)cccc1Oc1ccccc1)c1ccccc1.[NH-]C(c1ccccc1)C([N-]S(=O)(=O)Cc1ccc2ccsc2c1)c1ccccc1.[NH-]C(c1ccccc1)C([N-]S(=O)(=O)Cc1ccc2sccc2c1)c1ccccc1. The van der Waals surface area contributed by atoms with Crippen LogP contribution in [0, 0.1) is 84.6 Å². The first-order valence-corrected chi connectivity index (χ1v) is 55.2. The monoisotopic (exact) mass is 2220 g/mol. The summed E-state index contributed by atoms with van der Waals surface area (Å²) >= 11 is 8.68. The molecule has 2 heterocycles. The number of rotatable bonds is 26. The van der Waals surface area contributed by atoms with Gasteiger partial charge in [-0.2, -0.15) is 0 Å². The van der Waals surface area contributed by atoms with Crippen LogP contribution in [0.1, 0.15) is 136 Å². The number of thiophene rings is 2. The smallest absolute Gasteiger partial charge is 0.134 e. The van der Waals surface area contributed by atoms with Crippen LogP contribution >= 0.6 is 51.7 Å². The van der Waals surface area contributed by atoms with Gasteiger partial charge in [-0.05, 0) is 168 Å². The molecule has 16 aromatic rings. The van der Waals surface area contributed by atoms with Crippen molar-refractivity contribution in [1.29, 1.82) is 0 Å². The molecule has 0 fully saturated rings. The molecule has 14 nitrogen and oxygen atoms in total. The number of para-hydroxylation sites is 2. The van der Waals surface area contributed by atoms with Crippen LogP contribution in [-0.2, 0) is 99.9 Å². The molecule has 0 bridgehead atoms. The summed E-state index contributed by atoms with van der Waals surface area (Å²) in [7, 11) is 2.19. The minimum absolute atomic E-state index is 0. The normalized spacial score (nSPS) is 11.9. The largest absolute Gasteiger partial charge is 0.672 e. The van der Waals surface area contributed by atoms with Crippen molar-refractivity contribution in [2.75, 3.05) is 5.75 Å². The van der Waals surface area contributed by atoms with E-state index in [1.54, 1.807) is 34.8 Å². The van der Waals surface area contributed by atoms with Crippen LogP contribution < -0.4 is 9.47 Å². The van der Waals surface area contributed by atoms with E-state index in [9.17, 15) is 25.3 Å². The average molecular weight is 2220 g/mol. The molecule has 0 saturated carbocycles. The Morgan fingerprint density at radius 3 is 0.859 bits per heavy atom. The third kappa shape index (κ3) is 39.8. The van der Waals surface area contributed by atoms with Gasteiger partial charge in [0.25, 0.3) is 0 Å². The number of ether oxygens (including phenoxy) is 2. The van der Waals surface area contributed by atoms with E-state index in [0.717, 1.165) is 31.3 Å². The van der Waals surface area contributed by atoms with E-state index in [4.69, 9.17) is 26.7 Å². The molecule has 135 heavy (non-hydrogen) atoms. The van der Waals surface area contributed by atoms with E-state index in [0.29, 0.717) is 61.9 Å². The predicted octanol–water partition coefficient (Wildman–Crippen LogP) is 33.6. The van der Waals surface area contributed by atoms with Crippen molar-refractivity contribution in [1.82, 2.24) is 0 Å². The topological polar surface area (TPSA) is 235 Å². The van der Waals surface area contributed by atoms with Crippen molar-refractivity contribution in [3.8, 4) is 23.0 Å². The number of halogens is 3. The van der Waals surface area contributed by atoms with E-state index >= 15 is 0 Å². The molecule has 0 saturated heterocycles. The van der Waals surface area contributed by atoms with Crippen molar-refractivity contribution in [2.24, 2.45) is 0 Å². The van der Waals surface area contributed by atoms with Crippen LogP contribution in [0.3, 0.4) is 0 Å². The Morgan fingerprint density at radius 1 is 0.289 bits per heavy atom. The molecule has 708 valence electrons. The second-order valence-corrected chi connectivity index (χ2v) is 38.2. The Hall–Kier alpha value is -9.05. The van der Waals surface area contributed by atoms with Gasteiger partial charge in [0.15, 0.2) is 0 Å². The molecule has 14 aromatic carbocycles. The fraction of sp³-hybridized carbons (Fsp3) is 0.173. The van der Waals surface area contributed by atoms with Crippen LogP contribution in [0.15, 0.2) is 375 Å². The molecule has 3 N–H and O–H groups in total. The molecular weight excluding hydrogens is 2100 g/mol. The second-order valence-electron chi connectivity index (χ2n) is 31.2. The number of nitrogens with zero attached hydrogens (tertiary/aromatic N) is 3. The van der Waals surface area contributed by atoms with Crippen molar-refractivity contribution in [3.05, 3.63) is 529 Å². The Bertz CT molecular complexity index is 5960. The standard InChI is InChI=1S/C34H30N2O4S.2C23H20N2O2S2.3C9H12.3CH3.3ClH.3Ru/c35-33(26-14-5-1-6-15-26)34(27-16-7-2-8-17-27)36-41(37,38)25-24-30-31(39-28-18-9-3-10-19-28)22-13-23-32(30)40-29-20-11-4-12-21-29;24-22(19-7-3-1-4-8-19)23(20-9-5-2-6-10-20)25-29(26,27)16-17-11-12-18-13-14-28-21(18)15-17;24-22(18-7-3-1-4-8-18)23(19-9-5-2-6-10-19)25-29(26,27)16-17-11-12-21-20(15-17)13-14-28-21;3*1-7-4-8(2)6-9(3)5-7;;;;;;;;;/h1-23,33-35H,24-25H2;2*1-15,22-24H,16H2;3*4-6H,1-3H3;3*1H3;3*1H;;;/q3*-2;;;;3*-1;;;;3*+4/p-3. The Balaban J connectivity index is 0.000000306. The summed E-state index contributed by atoms with van der Waals surface area (Å²) < 4.78 is 106. The van der Waals surface area contributed by atoms with E-state index in [-0.39, 0.29) is 46.0 Å². The minimum Gasteiger partial charge on any atom is -0.672 e. The first-order chi connectivity index (χ1) is 63.6. The maximum atomic E-state index is 13.5. The minimum atomic E-state index is -3.97. The number of hydrogen-bond acceptors (Lipinski definition) is 10. The number of nitrogens with one attached hydrogen (secondary N) is 3. The van der Waals surface area contributed by atoms with Crippen molar-refractivity contribution < 1.29 is 86.7 Å². The molecule has 6 atom stereocenters. The van der Waals surface area contributed by atoms with E-state index in [1.165, 1.54) is 50.1 Å². The van der Waals surface area contributed by atoms with Gasteiger partial charge in [-0.3, -0.25) is 0 Å². The summed E-state index contributed by atoms with van der Waals surface area (Å²) in [6.07, 6.45) is 0.104. The fourth-order valence-electron chi connectivity index (χ4n) is 14.7. The summed E-state index contributed by atoms with van der Waals surface area (Å²) in [6, 6.07) is 109. The zero-order chi connectivity index (χ0) is 95.6. The van der Waals surface area contributed by atoms with E-state index in [1.807, 2.05) is 360 Å². The van der Waals surface area contributed by atoms with Crippen molar-refractivity contribution in [3.63, 3.8) is 0 Å². The van der Waals surface area contributed by atoms with Gasteiger partial charge >= 0.3 is 81.0 Å². The molecule has 0 aliphatic rings. The Kier molecular flexibility index (Phi) is 52.3. The third-order valence-corrected chi connectivity index (χ3v) is 25.7. The summed E-state index contributed by atoms with van der Waals surface area (Å²) in [5, 5.41) is 6.11. The number of fused-ring (bicyclic) bond motifs is 2. The zero-order valence-corrected chi connectivity index (χ0v) is 89.0. The molecule has 0 aliphatic heterocycles. The van der Waals surface area contributed by atoms with Crippen molar-refractivity contribution >= 4 is 102 Å². The van der Waals surface area contributed by atoms with Crippen LogP contribution in [0.4, 0.5) is 0 Å². The average Bonchev–Trinajstić information content (AvgIpc) is 0.958. The van der Waals surface area contributed by atoms with Gasteiger partial charge in [-0.15, -0.1) is 58.9 Å². The fourth-order valence-corrected chi connectivity index (χ4v) is 20.0. The summed E-state index contributed by atoms with van der Waals surface area (Å²) in [5.74, 6) is 1.63. The molecule has 0 radical (unpaired) electrons. The van der Waals surface area contributed by atoms with Gasteiger partial charge in [-0.25, -0.2) is 25.3 Å². The van der Waals surface area contributed by atoms with Gasteiger partial charge in [0.05, 0.1) is 41.6 Å². The quantitative estimate of drug-likeness (QED) is 0.0372. The number of benzene rings is 14. The Labute approximate surface area is 854 Å². The molecule has 0 spiro atoms. The molecule has 0 aliphatic carbocycles. The van der Waals surface area contributed by atoms with Crippen LogP contribution in [-0.4, -0.2) is 31.0 Å². The number of hydrogen-bond donors (Lipinski definition) is 0. The molecule has 0 amide bonds. The Morgan fingerprint density at radius 2 is 0.548 bits per heavy atom. The van der Waals surface area contributed by atoms with Gasteiger partial charge in [0, 0.05) is 20.7 Å². The first kappa shape index (κ1) is 116. The zero-order valence-electron chi connectivity index (χ0n) is 77.4. The number of aryl methyl sites for hydroxylation is 9. The van der Waals surface area contributed by atoms with Crippen LogP contribution in [0.2, 0.25) is 0 Å².